The monoisotopic (exact) mass is 344 g/mol. The molecule has 3 nitrogen and oxygen atoms in total. The van der Waals surface area contributed by atoms with Gasteiger partial charge < -0.3 is 10.6 Å². The van der Waals surface area contributed by atoms with Gasteiger partial charge in [-0.1, -0.05) is 53.2 Å². The van der Waals surface area contributed by atoms with Crippen LogP contribution in [-0.4, -0.2) is 12.5 Å². The predicted octanol–water partition coefficient (Wildman–Crippen LogP) is 3.64. The van der Waals surface area contributed by atoms with Gasteiger partial charge in [-0.25, -0.2) is 0 Å². The zero-order chi connectivity index (χ0) is 14.8. The molecule has 2 N–H and O–H groups in total. The zero-order valence-electron chi connectivity index (χ0n) is 11.8. The summed E-state index contributed by atoms with van der Waals surface area (Å²) in [5.41, 5.74) is 4.40. The maximum Gasteiger partial charge on any atom is 0.228 e. The van der Waals surface area contributed by atoms with Crippen molar-refractivity contribution in [3.8, 4) is 0 Å². The van der Waals surface area contributed by atoms with Crippen molar-refractivity contribution in [2.45, 2.75) is 19.4 Å². The number of halogens is 1. The van der Waals surface area contributed by atoms with Crippen molar-refractivity contribution in [2.24, 2.45) is 0 Å². The average molecular weight is 345 g/mol. The molecule has 0 radical (unpaired) electrons. The summed E-state index contributed by atoms with van der Waals surface area (Å²) in [7, 11) is 0. The first-order chi connectivity index (χ1) is 10.2. The lowest BCUT2D eigenvalue weighted by atomic mass is 9.96. The summed E-state index contributed by atoms with van der Waals surface area (Å²) in [5.74, 6) is 0.0723. The second kappa shape index (κ2) is 6.00. The van der Waals surface area contributed by atoms with E-state index in [-0.39, 0.29) is 11.9 Å². The summed E-state index contributed by atoms with van der Waals surface area (Å²) in [6, 6.07) is 14.6. The van der Waals surface area contributed by atoms with Crippen molar-refractivity contribution in [2.75, 3.05) is 11.9 Å². The van der Waals surface area contributed by atoms with E-state index in [4.69, 9.17) is 0 Å². The van der Waals surface area contributed by atoms with Crippen LogP contribution in [0, 0.1) is 0 Å². The van der Waals surface area contributed by atoms with Crippen molar-refractivity contribution in [1.29, 1.82) is 0 Å². The quantitative estimate of drug-likeness (QED) is 0.888. The number of hydrogen-bond acceptors (Lipinski definition) is 2. The van der Waals surface area contributed by atoms with Crippen LogP contribution in [0.1, 0.15) is 29.7 Å². The largest absolute Gasteiger partial charge is 0.326 e. The molecule has 2 aromatic carbocycles. The van der Waals surface area contributed by atoms with E-state index in [1.807, 2.05) is 18.2 Å². The number of anilines is 1. The SMILES string of the molecule is CCNC(c1ccc2c(c1)CC(=O)N2)c1ccccc1Br. The molecule has 1 aliphatic heterocycles. The highest BCUT2D eigenvalue weighted by atomic mass is 79.9. The van der Waals surface area contributed by atoms with E-state index in [0.29, 0.717) is 6.42 Å². The summed E-state index contributed by atoms with van der Waals surface area (Å²) in [5, 5.41) is 6.40. The van der Waals surface area contributed by atoms with E-state index in [0.717, 1.165) is 22.3 Å². The smallest absolute Gasteiger partial charge is 0.228 e. The van der Waals surface area contributed by atoms with Crippen LogP contribution in [0.25, 0.3) is 0 Å². The van der Waals surface area contributed by atoms with Crippen molar-refractivity contribution in [1.82, 2.24) is 5.32 Å². The third-order valence-corrected chi connectivity index (χ3v) is 4.43. The lowest BCUT2D eigenvalue weighted by molar-refractivity contribution is -0.115. The number of amides is 1. The standard InChI is InChI=1S/C17H17BrN2O/c1-2-19-17(13-5-3-4-6-14(13)18)11-7-8-15-12(9-11)10-16(21)20-15/h3-9,17,19H,2,10H2,1H3,(H,20,21). The molecule has 0 saturated carbocycles. The first kappa shape index (κ1) is 14.3. The van der Waals surface area contributed by atoms with Gasteiger partial charge in [0.15, 0.2) is 0 Å². The highest BCUT2D eigenvalue weighted by Gasteiger charge is 2.21. The minimum Gasteiger partial charge on any atom is -0.326 e. The van der Waals surface area contributed by atoms with Gasteiger partial charge in [-0.3, -0.25) is 4.79 Å². The van der Waals surface area contributed by atoms with Crippen LogP contribution in [0.15, 0.2) is 46.9 Å². The molecule has 1 unspecified atom stereocenters. The molecule has 0 saturated heterocycles. The predicted molar refractivity (Wildman–Crippen MR) is 88.4 cm³/mol. The second-order valence-corrected chi connectivity index (χ2v) is 6.01. The number of carbonyl (C=O) groups excluding carboxylic acids is 1. The normalized spacial score (nSPS) is 14.7. The molecule has 2 aromatic rings. The first-order valence-corrected chi connectivity index (χ1v) is 7.89. The number of rotatable bonds is 4. The highest BCUT2D eigenvalue weighted by molar-refractivity contribution is 9.10. The summed E-state index contributed by atoms with van der Waals surface area (Å²) >= 11 is 3.63. The zero-order valence-corrected chi connectivity index (χ0v) is 13.4. The van der Waals surface area contributed by atoms with Crippen LogP contribution in [0.4, 0.5) is 5.69 Å². The summed E-state index contributed by atoms with van der Waals surface area (Å²) in [6.07, 6.45) is 0.470. The van der Waals surface area contributed by atoms with Gasteiger partial charge in [-0.15, -0.1) is 0 Å². The van der Waals surface area contributed by atoms with E-state index >= 15 is 0 Å². The number of benzene rings is 2. The summed E-state index contributed by atoms with van der Waals surface area (Å²) in [4.78, 5) is 11.5. The lowest BCUT2D eigenvalue weighted by Gasteiger charge is -2.21. The Balaban J connectivity index is 2.01. The van der Waals surface area contributed by atoms with Crippen molar-refractivity contribution in [3.63, 3.8) is 0 Å². The Labute approximate surface area is 132 Å². The molecular formula is C17H17BrN2O. The molecule has 4 heteroatoms. The molecule has 1 heterocycles. The number of carbonyl (C=O) groups is 1. The number of fused-ring (bicyclic) bond motifs is 1. The molecule has 0 fully saturated rings. The van der Waals surface area contributed by atoms with Crippen LogP contribution in [-0.2, 0) is 11.2 Å². The third-order valence-electron chi connectivity index (χ3n) is 3.71. The van der Waals surface area contributed by atoms with Crippen LogP contribution in [0.2, 0.25) is 0 Å². The fourth-order valence-electron chi connectivity index (χ4n) is 2.75. The molecular weight excluding hydrogens is 328 g/mol. The van der Waals surface area contributed by atoms with Crippen LogP contribution >= 0.6 is 15.9 Å². The van der Waals surface area contributed by atoms with Crippen molar-refractivity contribution >= 4 is 27.5 Å². The first-order valence-electron chi connectivity index (χ1n) is 7.09. The van der Waals surface area contributed by atoms with E-state index < -0.39 is 0 Å². The van der Waals surface area contributed by atoms with E-state index in [9.17, 15) is 4.79 Å². The average Bonchev–Trinajstić information content (AvgIpc) is 2.85. The van der Waals surface area contributed by atoms with E-state index in [1.165, 1.54) is 11.1 Å². The van der Waals surface area contributed by atoms with Crippen LogP contribution < -0.4 is 10.6 Å². The Bertz CT molecular complexity index is 684. The van der Waals surface area contributed by atoms with Gasteiger partial charge in [0, 0.05) is 10.2 Å². The molecule has 0 spiro atoms. The molecule has 0 aromatic heterocycles. The maximum atomic E-state index is 11.5. The minimum atomic E-state index is 0.0723. The topological polar surface area (TPSA) is 41.1 Å². The molecule has 1 amide bonds. The molecule has 0 bridgehead atoms. The van der Waals surface area contributed by atoms with Crippen LogP contribution in [0.5, 0.6) is 0 Å². The Morgan fingerprint density at radius 3 is 2.86 bits per heavy atom. The Morgan fingerprint density at radius 2 is 2.10 bits per heavy atom. The maximum absolute atomic E-state index is 11.5. The highest BCUT2D eigenvalue weighted by Crippen LogP contribution is 2.32. The van der Waals surface area contributed by atoms with Gasteiger partial charge in [0.05, 0.1) is 12.5 Å². The van der Waals surface area contributed by atoms with E-state index in [1.54, 1.807) is 0 Å². The van der Waals surface area contributed by atoms with Gasteiger partial charge in [-0.05, 0) is 35.4 Å². The van der Waals surface area contributed by atoms with Crippen molar-refractivity contribution < 1.29 is 4.79 Å². The molecule has 3 rings (SSSR count). The molecule has 0 aliphatic carbocycles. The molecule has 21 heavy (non-hydrogen) atoms. The van der Waals surface area contributed by atoms with Gasteiger partial charge in [0.1, 0.15) is 0 Å². The van der Waals surface area contributed by atoms with E-state index in [2.05, 4.69) is 57.8 Å². The molecule has 1 atom stereocenters. The van der Waals surface area contributed by atoms with Gasteiger partial charge in [-0.2, -0.15) is 0 Å². The molecule has 108 valence electrons. The summed E-state index contributed by atoms with van der Waals surface area (Å²) in [6.45, 7) is 2.97. The van der Waals surface area contributed by atoms with Gasteiger partial charge in [0.2, 0.25) is 5.91 Å². The number of hydrogen-bond donors (Lipinski definition) is 2. The minimum absolute atomic E-state index is 0.0723. The van der Waals surface area contributed by atoms with Crippen LogP contribution in [0.3, 0.4) is 0 Å². The fraction of sp³-hybridized carbons (Fsp3) is 0.235. The summed E-state index contributed by atoms with van der Waals surface area (Å²) < 4.78 is 1.09. The van der Waals surface area contributed by atoms with Gasteiger partial charge >= 0.3 is 0 Å². The lowest BCUT2D eigenvalue weighted by Crippen LogP contribution is -2.22. The second-order valence-electron chi connectivity index (χ2n) is 5.15. The van der Waals surface area contributed by atoms with Crippen molar-refractivity contribution in [3.05, 3.63) is 63.6 Å². The van der Waals surface area contributed by atoms with Gasteiger partial charge in [0.25, 0.3) is 0 Å². The fourth-order valence-corrected chi connectivity index (χ4v) is 3.26. The Hall–Kier alpha value is -1.65. The third kappa shape index (κ3) is 2.87. The Kier molecular flexibility index (Phi) is 4.08. The number of nitrogens with one attached hydrogen (secondary N) is 2. The Morgan fingerprint density at radius 1 is 1.29 bits per heavy atom. The molecule has 1 aliphatic rings.